The van der Waals surface area contributed by atoms with Crippen molar-refractivity contribution in [3.05, 3.63) is 0 Å². The van der Waals surface area contributed by atoms with Gasteiger partial charge >= 0.3 is 0 Å². The molecule has 1 aliphatic carbocycles. The molecule has 1 amide bonds. The Labute approximate surface area is 116 Å². The zero-order chi connectivity index (χ0) is 13.6. The second-order valence-corrected chi connectivity index (χ2v) is 6.25. The van der Waals surface area contributed by atoms with Crippen LogP contribution in [-0.4, -0.2) is 39.3 Å². The van der Waals surface area contributed by atoms with Crippen molar-refractivity contribution in [1.29, 1.82) is 0 Å². The Kier molecular flexibility index (Phi) is 5.64. The number of hydrogen-bond donors (Lipinski definition) is 2. The Balaban J connectivity index is 1.56. The molecule has 4 nitrogen and oxygen atoms in total. The minimum absolute atomic E-state index is 0.238. The molecule has 1 saturated heterocycles. The minimum Gasteiger partial charge on any atom is -0.385 e. The molecular weight excluding hydrogens is 240 g/mol. The van der Waals surface area contributed by atoms with E-state index >= 15 is 0 Å². The summed E-state index contributed by atoms with van der Waals surface area (Å²) in [4.78, 5) is 11.9. The number of rotatable bonds is 8. The molecule has 0 aromatic heterocycles. The smallest absolute Gasteiger partial charge is 0.220 e. The fraction of sp³-hybridized carbons (Fsp3) is 0.933. The predicted octanol–water partition coefficient (Wildman–Crippen LogP) is 1.70. The lowest BCUT2D eigenvalue weighted by atomic mass is 9.93. The normalized spacial score (nSPS) is 22.2. The molecule has 4 heteroatoms. The first-order valence-electron chi connectivity index (χ1n) is 7.70. The minimum atomic E-state index is 0.238. The monoisotopic (exact) mass is 268 g/mol. The maximum atomic E-state index is 11.9. The summed E-state index contributed by atoms with van der Waals surface area (Å²) >= 11 is 0. The summed E-state index contributed by atoms with van der Waals surface area (Å²) in [5.74, 6) is 0.984. The molecule has 0 radical (unpaired) electrons. The van der Waals surface area contributed by atoms with Crippen LogP contribution in [0.1, 0.15) is 44.9 Å². The largest absolute Gasteiger partial charge is 0.385 e. The highest BCUT2D eigenvalue weighted by Crippen LogP contribution is 2.48. The lowest BCUT2D eigenvalue weighted by Crippen LogP contribution is -2.32. The third-order valence-corrected chi connectivity index (χ3v) is 4.69. The molecular formula is C15H28N2O2. The number of piperidine rings is 1. The standard InChI is InChI=1S/C15H28N2O2/c1-19-11-8-15(6-7-15)12-17-14(18)3-2-13-4-9-16-10-5-13/h13,16H,2-12H2,1H3,(H,17,18). The number of methoxy groups -OCH3 is 1. The average molecular weight is 268 g/mol. The van der Waals surface area contributed by atoms with Crippen LogP contribution in [0.25, 0.3) is 0 Å². The fourth-order valence-electron chi connectivity index (χ4n) is 2.89. The van der Waals surface area contributed by atoms with E-state index in [1.165, 1.54) is 25.7 Å². The summed E-state index contributed by atoms with van der Waals surface area (Å²) in [5, 5.41) is 6.49. The molecule has 0 unspecified atom stereocenters. The molecule has 1 aliphatic heterocycles. The molecule has 2 aliphatic rings. The van der Waals surface area contributed by atoms with Gasteiger partial charge in [-0.15, -0.1) is 0 Å². The van der Waals surface area contributed by atoms with Gasteiger partial charge in [0.15, 0.2) is 0 Å². The lowest BCUT2D eigenvalue weighted by Gasteiger charge is -2.22. The van der Waals surface area contributed by atoms with Crippen LogP contribution < -0.4 is 10.6 Å². The summed E-state index contributed by atoms with van der Waals surface area (Å²) in [5.41, 5.74) is 0.362. The second-order valence-electron chi connectivity index (χ2n) is 6.25. The van der Waals surface area contributed by atoms with Gasteiger partial charge in [0.1, 0.15) is 0 Å². The molecule has 2 fully saturated rings. The Morgan fingerprint density at radius 1 is 1.37 bits per heavy atom. The first-order valence-corrected chi connectivity index (χ1v) is 7.70. The van der Waals surface area contributed by atoms with Crippen LogP contribution in [0.4, 0.5) is 0 Å². The highest BCUT2D eigenvalue weighted by atomic mass is 16.5. The van der Waals surface area contributed by atoms with Crippen molar-refractivity contribution in [2.75, 3.05) is 33.4 Å². The third-order valence-electron chi connectivity index (χ3n) is 4.69. The van der Waals surface area contributed by atoms with Gasteiger partial charge in [-0.1, -0.05) is 0 Å². The Morgan fingerprint density at radius 2 is 2.11 bits per heavy atom. The van der Waals surface area contributed by atoms with Gasteiger partial charge in [0.2, 0.25) is 5.91 Å². The van der Waals surface area contributed by atoms with E-state index in [9.17, 15) is 4.79 Å². The van der Waals surface area contributed by atoms with Gasteiger partial charge in [-0.25, -0.2) is 0 Å². The van der Waals surface area contributed by atoms with Gasteiger partial charge in [0.25, 0.3) is 0 Å². The highest BCUT2D eigenvalue weighted by Gasteiger charge is 2.41. The quantitative estimate of drug-likeness (QED) is 0.704. The summed E-state index contributed by atoms with van der Waals surface area (Å²) in [6.45, 7) is 3.89. The number of nitrogens with one attached hydrogen (secondary N) is 2. The average Bonchev–Trinajstić information content (AvgIpc) is 3.22. The molecule has 2 rings (SSSR count). The van der Waals surface area contributed by atoms with E-state index < -0.39 is 0 Å². The van der Waals surface area contributed by atoms with Crippen molar-refractivity contribution in [2.24, 2.45) is 11.3 Å². The van der Waals surface area contributed by atoms with Gasteiger partial charge < -0.3 is 15.4 Å². The van der Waals surface area contributed by atoms with Crippen molar-refractivity contribution in [3.63, 3.8) is 0 Å². The summed E-state index contributed by atoms with van der Waals surface area (Å²) in [6.07, 6.45) is 7.77. The highest BCUT2D eigenvalue weighted by molar-refractivity contribution is 5.75. The first kappa shape index (κ1) is 14.8. The molecule has 19 heavy (non-hydrogen) atoms. The van der Waals surface area contributed by atoms with Crippen LogP contribution in [-0.2, 0) is 9.53 Å². The summed E-state index contributed by atoms with van der Waals surface area (Å²) < 4.78 is 5.13. The van der Waals surface area contributed by atoms with Crippen LogP contribution in [0.3, 0.4) is 0 Å². The zero-order valence-electron chi connectivity index (χ0n) is 12.2. The number of carbonyl (C=O) groups is 1. The van der Waals surface area contributed by atoms with Gasteiger partial charge in [0, 0.05) is 26.7 Å². The van der Waals surface area contributed by atoms with Gasteiger partial charge in [-0.3, -0.25) is 4.79 Å². The summed E-state index contributed by atoms with van der Waals surface area (Å²) in [7, 11) is 1.74. The predicted molar refractivity (Wildman–Crippen MR) is 76.0 cm³/mol. The van der Waals surface area contributed by atoms with E-state index in [4.69, 9.17) is 4.74 Å². The maximum Gasteiger partial charge on any atom is 0.220 e. The topological polar surface area (TPSA) is 50.4 Å². The Hall–Kier alpha value is -0.610. The van der Waals surface area contributed by atoms with Crippen molar-refractivity contribution >= 4 is 5.91 Å². The molecule has 0 atom stereocenters. The molecule has 1 heterocycles. The molecule has 0 spiro atoms. The lowest BCUT2D eigenvalue weighted by molar-refractivity contribution is -0.121. The van der Waals surface area contributed by atoms with E-state index in [-0.39, 0.29) is 5.91 Å². The van der Waals surface area contributed by atoms with Crippen LogP contribution in [0.2, 0.25) is 0 Å². The number of amides is 1. The van der Waals surface area contributed by atoms with Gasteiger partial charge in [0.05, 0.1) is 0 Å². The number of hydrogen-bond acceptors (Lipinski definition) is 3. The van der Waals surface area contributed by atoms with Crippen molar-refractivity contribution < 1.29 is 9.53 Å². The molecule has 0 aromatic carbocycles. The Bertz CT molecular complexity index is 284. The Morgan fingerprint density at radius 3 is 2.74 bits per heavy atom. The zero-order valence-corrected chi connectivity index (χ0v) is 12.2. The molecule has 110 valence electrons. The van der Waals surface area contributed by atoms with Crippen LogP contribution in [0.15, 0.2) is 0 Å². The van der Waals surface area contributed by atoms with E-state index in [2.05, 4.69) is 10.6 Å². The van der Waals surface area contributed by atoms with E-state index in [0.717, 1.165) is 45.0 Å². The third kappa shape index (κ3) is 5.11. The van der Waals surface area contributed by atoms with Crippen LogP contribution in [0.5, 0.6) is 0 Å². The maximum absolute atomic E-state index is 11.9. The molecule has 0 bridgehead atoms. The van der Waals surface area contributed by atoms with Crippen molar-refractivity contribution in [3.8, 4) is 0 Å². The first-order chi connectivity index (χ1) is 9.24. The van der Waals surface area contributed by atoms with Crippen LogP contribution in [0, 0.1) is 11.3 Å². The van der Waals surface area contributed by atoms with E-state index in [1.54, 1.807) is 7.11 Å². The fourth-order valence-corrected chi connectivity index (χ4v) is 2.89. The van der Waals surface area contributed by atoms with E-state index in [1.807, 2.05) is 0 Å². The van der Waals surface area contributed by atoms with Crippen LogP contribution >= 0.6 is 0 Å². The number of carbonyl (C=O) groups excluding carboxylic acids is 1. The summed E-state index contributed by atoms with van der Waals surface area (Å²) in [6, 6.07) is 0. The number of ether oxygens (including phenoxy) is 1. The van der Waals surface area contributed by atoms with Crippen molar-refractivity contribution in [2.45, 2.75) is 44.9 Å². The van der Waals surface area contributed by atoms with E-state index in [0.29, 0.717) is 11.8 Å². The molecule has 1 saturated carbocycles. The second kappa shape index (κ2) is 7.25. The van der Waals surface area contributed by atoms with Gasteiger partial charge in [-0.2, -0.15) is 0 Å². The molecule has 2 N–H and O–H groups in total. The SMILES string of the molecule is COCCC1(CNC(=O)CCC2CCNCC2)CC1. The molecule has 0 aromatic rings. The van der Waals surface area contributed by atoms with Crippen molar-refractivity contribution in [1.82, 2.24) is 10.6 Å². The van der Waals surface area contributed by atoms with Gasteiger partial charge in [-0.05, 0) is 62.9 Å².